The Hall–Kier alpha value is -2.26. The summed E-state index contributed by atoms with van der Waals surface area (Å²) in [6, 6.07) is 17.0. The van der Waals surface area contributed by atoms with E-state index in [0.29, 0.717) is 17.3 Å². The van der Waals surface area contributed by atoms with Crippen molar-refractivity contribution in [2.45, 2.75) is 20.3 Å². The van der Waals surface area contributed by atoms with Crippen LogP contribution in [0.1, 0.15) is 19.4 Å². The zero-order chi connectivity index (χ0) is 17.6. The molecule has 2 aromatic carbocycles. The maximum absolute atomic E-state index is 12.1. The van der Waals surface area contributed by atoms with Crippen LogP contribution in [0.3, 0.4) is 0 Å². The van der Waals surface area contributed by atoms with Crippen LogP contribution in [0.5, 0.6) is 0 Å². The molecule has 24 heavy (non-hydrogen) atoms. The molecule has 126 valence electrons. The Morgan fingerprint density at radius 3 is 2.33 bits per heavy atom. The molecule has 0 heterocycles. The molecule has 0 aliphatic rings. The van der Waals surface area contributed by atoms with Crippen molar-refractivity contribution in [2.24, 2.45) is 5.41 Å². The first-order chi connectivity index (χ1) is 11.4. The summed E-state index contributed by atoms with van der Waals surface area (Å²) in [4.78, 5) is 12.1. The molecule has 0 saturated carbocycles. The van der Waals surface area contributed by atoms with Gasteiger partial charge >= 0.3 is 6.03 Å². The highest BCUT2D eigenvalue weighted by Gasteiger charge is 2.26. The van der Waals surface area contributed by atoms with Gasteiger partial charge in [-0.15, -0.1) is 0 Å². The zero-order valence-electron chi connectivity index (χ0n) is 14.1. The normalized spacial score (nSPS) is 13.0. The minimum Gasteiger partial charge on any atom is -0.337 e. The summed E-state index contributed by atoms with van der Waals surface area (Å²) in [5, 5.41) is 6.39. The number of carbonyl (C=O) groups excluding carboxylic acids is 1. The third-order valence-corrected chi connectivity index (χ3v) is 4.46. The topological polar surface area (TPSA) is 41.1 Å². The minimum absolute atomic E-state index is 0.210. The Morgan fingerprint density at radius 2 is 1.75 bits per heavy atom. The molecule has 0 saturated heterocycles. The Bertz CT molecular complexity index is 697. The zero-order valence-corrected chi connectivity index (χ0v) is 14.9. The monoisotopic (exact) mass is 342 g/mol. The van der Waals surface area contributed by atoms with Crippen molar-refractivity contribution in [3.05, 3.63) is 77.3 Å². The molecule has 0 aromatic heterocycles. The van der Waals surface area contributed by atoms with E-state index in [2.05, 4.69) is 36.3 Å². The van der Waals surface area contributed by atoms with E-state index in [4.69, 9.17) is 11.6 Å². The first-order valence-electron chi connectivity index (χ1n) is 7.89. The van der Waals surface area contributed by atoms with Gasteiger partial charge in [-0.05, 0) is 43.2 Å². The summed E-state index contributed by atoms with van der Waals surface area (Å²) < 4.78 is 0. The summed E-state index contributed by atoms with van der Waals surface area (Å²) in [6.45, 7) is 8.74. The minimum atomic E-state index is -0.238. The van der Waals surface area contributed by atoms with Gasteiger partial charge in [-0.1, -0.05) is 61.0 Å². The van der Waals surface area contributed by atoms with Gasteiger partial charge in [-0.2, -0.15) is 0 Å². The van der Waals surface area contributed by atoms with Crippen molar-refractivity contribution in [1.82, 2.24) is 5.32 Å². The molecule has 0 bridgehead atoms. The number of hydrogen-bond acceptors (Lipinski definition) is 1. The van der Waals surface area contributed by atoms with Crippen LogP contribution in [0.4, 0.5) is 10.5 Å². The summed E-state index contributed by atoms with van der Waals surface area (Å²) >= 11 is 5.84. The van der Waals surface area contributed by atoms with Crippen LogP contribution in [0.15, 0.2) is 66.7 Å². The third kappa shape index (κ3) is 5.14. The van der Waals surface area contributed by atoms with E-state index in [1.165, 1.54) is 5.56 Å². The maximum atomic E-state index is 12.1. The molecule has 0 aliphatic carbocycles. The number of carbonyl (C=O) groups is 1. The average Bonchev–Trinajstić information content (AvgIpc) is 2.56. The summed E-state index contributed by atoms with van der Waals surface area (Å²) in [6.07, 6.45) is 0.824. The molecule has 2 N–H and O–H groups in total. The highest BCUT2D eigenvalue weighted by molar-refractivity contribution is 6.30. The standard InChI is InChI=1S/C20H23ClN2O/c1-15(2)20(3,13-16-7-5-4-6-8-16)14-22-19(24)23-18-11-9-17(21)10-12-18/h4-12H,1,13-14H2,2-3H3,(H2,22,23,24). The fraction of sp³-hybridized carbons (Fsp3) is 0.250. The number of hydrogen-bond donors (Lipinski definition) is 2. The van der Waals surface area contributed by atoms with Gasteiger partial charge in [0.2, 0.25) is 0 Å². The average molecular weight is 343 g/mol. The second kappa shape index (κ2) is 8.02. The molecule has 0 spiro atoms. The molecular formula is C20H23ClN2O. The van der Waals surface area contributed by atoms with Crippen LogP contribution in [0.25, 0.3) is 0 Å². The first-order valence-corrected chi connectivity index (χ1v) is 8.27. The molecule has 1 atom stereocenters. The Morgan fingerprint density at radius 1 is 1.12 bits per heavy atom. The van der Waals surface area contributed by atoms with Crippen LogP contribution < -0.4 is 10.6 Å². The fourth-order valence-corrected chi connectivity index (χ4v) is 2.52. The Kier molecular flexibility index (Phi) is 6.04. The lowest BCUT2D eigenvalue weighted by Gasteiger charge is -2.31. The van der Waals surface area contributed by atoms with E-state index < -0.39 is 0 Å². The van der Waals surface area contributed by atoms with Crippen LogP contribution in [0, 0.1) is 5.41 Å². The predicted octanol–water partition coefficient (Wildman–Crippen LogP) is 5.29. The molecule has 2 rings (SSSR count). The number of halogens is 1. The van der Waals surface area contributed by atoms with E-state index in [-0.39, 0.29) is 11.4 Å². The SMILES string of the molecule is C=C(C)C(C)(CNC(=O)Nc1ccc(Cl)cc1)Cc1ccccc1. The van der Waals surface area contributed by atoms with Gasteiger partial charge in [0.25, 0.3) is 0 Å². The van der Waals surface area contributed by atoms with Crippen LogP contribution in [0.2, 0.25) is 5.02 Å². The van der Waals surface area contributed by atoms with Gasteiger partial charge in [-0.3, -0.25) is 0 Å². The number of rotatable bonds is 6. The fourth-order valence-electron chi connectivity index (χ4n) is 2.39. The molecule has 2 aromatic rings. The van der Waals surface area contributed by atoms with Crippen molar-refractivity contribution in [2.75, 3.05) is 11.9 Å². The van der Waals surface area contributed by atoms with Gasteiger partial charge in [-0.25, -0.2) is 4.79 Å². The van der Waals surface area contributed by atoms with Crippen LogP contribution in [-0.4, -0.2) is 12.6 Å². The van der Waals surface area contributed by atoms with E-state index in [9.17, 15) is 4.79 Å². The molecular weight excluding hydrogens is 320 g/mol. The van der Waals surface area contributed by atoms with Gasteiger partial charge in [0.05, 0.1) is 0 Å². The number of urea groups is 1. The quantitative estimate of drug-likeness (QED) is 0.688. The number of benzene rings is 2. The van der Waals surface area contributed by atoms with E-state index in [0.717, 1.165) is 12.0 Å². The number of amides is 2. The van der Waals surface area contributed by atoms with Crippen LogP contribution in [-0.2, 0) is 6.42 Å². The molecule has 4 heteroatoms. The first kappa shape index (κ1) is 18.1. The number of nitrogens with one attached hydrogen (secondary N) is 2. The molecule has 0 aliphatic heterocycles. The molecule has 0 radical (unpaired) electrons. The van der Waals surface area contributed by atoms with Crippen molar-refractivity contribution in [3.63, 3.8) is 0 Å². The molecule has 0 fully saturated rings. The maximum Gasteiger partial charge on any atom is 0.319 e. The highest BCUT2D eigenvalue weighted by Crippen LogP contribution is 2.29. The molecule has 2 amide bonds. The molecule has 3 nitrogen and oxygen atoms in total. The molecule has 1 unspecified atom stereocenters. The predicted molar refractivity (Wildman–Crippen MR) is 102 cm³/mol. The van der Waals surface area contributed by atoms with Crippen molar-refractivity contribution < 1.29 is 4.79 Å². The van der Waals surface area contributed by atoms with Crippen molar-refractivity contribution >= 4 is 23.3 Å². The summed E-state index contributed by atoms with van der Waals surface area (Å²) in [5.41, 5.74) is 2.76. The lowest BCUT2D eigenvalue weighted by molar-refractivity contribution is 0.246. The van der Waals surface area contributed by atoms with E-state index in [1.807, 2.05) is 25.1 Å². The van der Waals surface area contributed by atoms with Crippen molar-refractivity contribution in [3.8, 4) is 0 Å². The largest absolute Gasteiger partial charge is 0.337 e. The summed E-state index contributed by atoms with van der Waals surface area (Å²) in [7, 11) is 0. The third-order valence-electron chi connectivity index (χ3n) is 4.21. The summed E-state index contributed by atoms with van der Waals surface area (Å²) in [5.74, 6) is 0. The number of anilines is 1. The van der Waals surface area contributed by atoms with Gasteiger partial charge in [0.1, 0.15) is 0 Å². The van der Waals surface area contributed by atoms with Gasteiger partial charge < -0.3 is 10.6 Å². The second-order valence-corrected chi connectivity index (χ2v) is 6.75. The smallest absolute Gasteiger partial charge is 0.319 e. The van der Waals surface area contributed by atoms with E-state index >= 15 is 0 Å². The van der Waals surface area contributed by atoms with Gasteiger partial charge in [0.15, 0.2) is 0 Å². The lowest BCUT2D eigenvalue weighted by Crippen LogP contribution is -2.39. The Balaban J connectivity index is 1.96. The van der Waals surface area contributed by atoms with Crippen molar-refractivity contribution in [1.29, 1.82) is 0 Å². The van der Waals surface area contributed by atoms with Crippen LogP contribution >= 0.6 is 11.6 Å². The van der Waals surface area contributed by atoms with Gasteiger partial charge in [0, 0.05) is 22.7 Å². The Labute approximate surface area is 148 Å². The highest BCUT2D eigenvalue weighted by atomic mass is 35.5. The van der Waals surface area contributed by atoms with E-state index in [1.54, 1.807) is 24.3 Å². The second-order valence-electron chi connectivity index (χ2n) is 6.32. The lowest BCUT2D eigenvalue weighted by atomic mass is 9.78.